The van der Waals surface area contributed by atoms with Gasteiger partial charge in [-0.25, -0.2) is 8.78 Å². The number of benzene rings is 2. The predicted octanol–water partition coefficient (Wildman–Crippen LogP) is 4.14. The van der Waals surface area contributed by atoms with Crippen LogP contribution in [0.5, 0.6) is 0 Å². The van der Waals surface area contributed by atoms with Gasteiger partial charge in [0.25, 0.3) is 0 Å². The van der Waals surface area contributed by atoms with E-state index in [2.05, 4.69) is 0 Å². The van der Waals surface area contributed by atoms with Crippen LogP contribution in [0.4, 0.5) is 14.5 Å². The summed E-state index contributed by atoms with van der Waals surface area (Å²) in [4.78, 5) is 1.99. The minimum atomic E-state index is -0.397. The molecule has 0 aliphatic rings. The number of anilines is 1. The van der Waals surface area contributed by atoms with Crippen LogP contribution in [0.2, 0.25) is 5.02 Å². The summed E-state index contributed by atoms with van der Waals surface area (Å²) in [5, 5.41) is 0.332. The summed E-state index contributed by atoms with van der Waals surface area (Å²) in [7, 11) is 0. The number of hydrogen-bond donors (Lipinski definition) is 1. The largest absolute Gasteiger partial charge is 0.363 e. The fraction of sp³-hybridized carbons (Fsp3) is 0.250. The maximum atomic E-state index is 13.6. The van der Waals surface area contributed by atoms with Gasteiger partial charge in [0, 0.05) is 23.8 Å². The quantitative estimate of drug-likeness (QED) is 0.899. The minimum absolute atomic E-state index is 0.228. The fourth-order valence-corrected chi connectivity index (χ4v) is 2.66. The van der Waals surface area contributed by atoms with E-state index in [-0.39, 0.29) is 11.9 Å². The van der Waals surface area contributed by atoms with E-state index in [9.17, 15) is 8.78 Å². The lowest BCUT2D eigenvalue weighted by Gasteiger charge is -2.32. The maximum absolute atomic E-state index is 13.6. The SMILES string of the molecule is CCN(c1ccc(F)cc1)C(CN)c1cc(F)cc(Cl)c1. The standard InChI is InChI=1S/C16H17ClF2N2/c1-2-21(15-5-3-13(18)4-6-15)16(10-20)11-7-12(17)9-14(19)8-11/h3-9,16H,2,10,20H2,1H3. The molecule has 0 aromatic heterocycles. The van der Waals surface area contributed by atoms with Gasteiger partial charge in [-0.3, -0.25) is 0 Å². The second-order valence-corrected chi connectivity index (χ2v) is 5.15. The molecule has 1 unspecified atom stereocenters. The highest BCUT2D eigenvalue weighted by Crippen LogP contribution is 2.28. The van der Waals surface area contributed by atoms with Crippen LogP contribution >= 0.6 is 11.6 Å². The smallest absolute Gasteiger partial charge is 0.125 e. The molecule has 2 N–H and O–H groups in total. The molecular weight excluding hydrogens is 294 g/mol. The van der Waals surface area contributed by atoms with Crippen LogP contribution < -0.4 is 10.6 Å². The summed E-state index contributed by atoms with van der Waals surface area (Å²) in [6.45, 7) is 2.92. The molecular formula is C16H17ClF2N2. The second-order valence-electron chi connectivity index (χ2n) is 4.72. The van der Waals surface area contributed by atoms with E-state index < -0.39 is 5.82 Å². The minimum Gasteiger partial charge on any atom is -0.363 e. The van der Waals surface area contributed by atoms with Gasteiger partial charge >= 0.3 is 0 Å². The summed E-state index contributed by atoms with van der Waals surface area (Å²) in [6.07, 6.45) is 0. The van der Waals surface area contributed by atoms with Crippen LogP contribution in [-0.4, -0.2) is 13.1 Å². The zero-order valence-electron chi connectivity index (χ0n) is 11.7. The molecule has 1 atom stereocenters. The van der Waals surface area contributed by atoms with E-state index in [1.165, 1.54) is 24.3 Å². The first kappa shape index (κ1) is 15.7. The summed E-state index contributed by atoms with van der Waals surface area (Å²) in [5.41, 5.74) is 7.40. The van der Waals surface area contributed by atoms with Gasteiger partial charge in [0.05, 0.1) is 6.04 Å². The highest BCUT2D eigenvalue weighted by Gasteiger charge is 2.19. The lowest BCUT2D eigenvalue weighted by Crippen LogP contribution is -2.33. The Labute approximate surface area is 128 Å². The first-order valence-electron chi connectivity index (χ1n) is 6.73. The average Bonchev–Trinajstić information content (AvgIpc) is 2.44. The molecule has 2 aromatic rings. The average molecular weight is 311 g/mol. The number of nitrogens with two attached hydrogens (primary N) is 1. The van der Waals surface area contributed by atoms with Crippen LogP contribution in [0.1, 0.15) is 18.5 Å². The van der Waals surface area contributed by atoms with Crippen LogP contribution in [0.25, 0.3) is 0 Å². The van der Waals surface area contributed by atoms with Crippen LogP contribution in [0, 0.1) is 11.6 Å². The molecule has 0 bridgehead atoms. The number of hydrogen-bond acceptors (Lipinski definition) is 2. The fourth-order valence-electron chi connectivity index (χ4n) is 2.43. The zero-order valence-corrected chi connectivity index (χ0v) is 12.4. The van der Waals surface area contributed by atoms with Crippen molar-refractivity contribution in [3.63, 3.8) is 0 Å². The Morgan fingerprint density at radius 3 is 2.29 bits per heavy atom. The molecule has 0 saturated carbocycles. The van der Waals surface area contributed by atoms with Gasteiger partial charge in [0.2, 0.25) is 0 Å². The second kappa shape index (κ2) is 6.87. The third kappa shape index (κ3) is 3.71. The zero-order chi connectivity index (χ0) is 15.4. The lowest BCUT2D eigenvalue weighted by molar-refractivity contribution is 0.606. The molecule has 0 aliphatic heterocycles. The molecule has 0 spiro atoms. The molecule has 0 fully saturated rings. The van der Waals surface area contributed by atoms with Crippen molar-refractivity contribution >= 4 is 17.3 Å². The normalized spacial score (nSPS) is 12.2. The van der Waals surface area contributed by atoms with Crippen molar-refractivity contribution in [2.24, 2.45) is 5.73 Å². The Kier molecular flexibility index (Phi) is 5.15. The van der Waals surface area contributed by atoms with E-state index in [4.69, 9.17) is 17.3 Å². The molecule has 0 aliphatic carbocycles. The number of nitrogens with zero attached hydrogens (tertiary/aromatic N) is 1. The van der Waals surface area contributed by atoms with Crippen LogP contribution in [-0.2, 0) is 0 Å². The molecule has 5 heteroatoms. The molecule has 0 heterocycles. The van der Waals surface area contributed by atoms with Crippen LogP contribution in [0.15, 0.2) is 42.5 Å². The molecule has 2 nitrogen and oxygen atoms in total. The van der Waals surface area contributed by atoms with Crippen molar-refractivity contribution in [2.45, 2.75) is 13.0 Å². The topological polar surface area (TPSA) is 29.3 Å². The Balaban J connectivity index is 2.39. The van der Waals surface area contributed by atoms with Crippen molar-refractivity contribution in [3.05, 3.63) is 64.7 Å². The van der Waals surface area contributed by atoms with Gasteiger partial charge < -0.3 is 10.6 Å². The van der Waals surface area contributed by atoms with Crippen molar-refractivity contribution in [3.8, 4) is 0 Å². The highest BCUT2D eigenvalue weighted by atomic mass is 35.5. The monoisotopic (exact) mass is 310 g/mol. The van der Waals surface area contributed by atoms with Gasteiger partial charge in [-0.05, 0) is 55.0 Å². The first-order chi connectivity index (χ1) is 10.0. The maximum Gasteiger partial charge on any atom is 0.125 e. The van der Waals surface area contributed by atoms with E-state index >= 15 is 0 Å². The van der Waals surface area contributed by atoms with Crippen molar-refractivity contribution in [1.29, 1.82) is 0 Å². The Morgan fingerprint density at radius 2 is 1.76 bits per heavy atom. The van der Waals surface area contributed by atoms with Crippen LogP contribution in [0.3, 0.4) is 0 Å². The third-order valence-electron chi connectivity index (χ3n) is 3.37. The predicted molar refractivity (Wildman–Crippen MR) is 82.6 cm³/mol. The molecule has 0 saturated heterocycles. The van der Waals surface area contributed by atoms with Gasteiger partial charge in [-0.2, -0.15) is 0 Å². The first-order valence-corrected chi connectivity index (χ1v) is 7.11. The summed E-state index contributed by atoms with van der Waals surface area (Å²) in [5.74, 6) is -0.695. The Bertz CT molecular complexity index is 581. The summed E-state index contributed by atoms with van der Waals surface area (Å²) >= 11 is 5.92. The molecule has 2 aromatic carbocycles. The van der Waals surface area contributed by atoms with Crippen molar-refractivity contribution in [1.82, 2.24) is 0 Å². The number of likely N-dealkylation sites (N-methyl/N-ethyl adjacent to an activating group) is 1. The molecule has 0 radical (unpaired) electrons. The van der Waals surface area contributed by atoms with Crippen molar-refractivity contribution in [2.75, 3.05) is 18.0 Å². The highest BCUT2D eigenvalue weighted by molar-refractivity contribution is 6.30. The number of halogens is 3. The molecule has 0 amide bonds. The van der Waals surface area contributed by atoms with E-state index in [1.54, 1.807) is 18.2 Å². The van der Waals surface area contributed by atoms with Gasteiger partial charge in [-0.1, -0.05) is 11.6 Å². The molecule has 112 valence electrons. The summed E-state index contributed by atoms with van der Waals surface area (Å²) in [6, 6.07) is 10.3. The van der Waals surface area contributed by atoms with Gasteiger partial charge in [-0.15, -0.1) is 0 Å². The number of rotatable bonds is 5. The van der Waals surface area contributed by atoms with Gasteiger partial charge in [0.15, 0.2) is 0 Å². The summed E-state index contributed by atoms with van der Waals surface area (Å²) < 4.78 is 26.6. The Morgan fingerprint density at radius 1 is 1.10 bits per heavy atom. The van der Waals surface area contributed by atoms with Crippen molar-refractivity contribution < 1.29 is 8.78 Å². The van der Waals surface area contributed by atoms with E-state index in [1.807, 2.05) is 11.8 Å². The Hall–Kier alpha value is -1.65. The third-order valence-corrected chi connectivity index (χ3v) is 3.59. The molecule has 21 heavy (non-hydrogen) atoms. The molecule has 2 rings (SSSR count). The van der Waals surface area contributed by atoms with E-state index in [0.717, 1.165) is 5.69 Å². The lowest BCUT2D eigenvalue weighted by atomic mass is 10.0. The van der Waals surface area contributed by atoms with E-state index in [0.29, 0.717) is 23.7 Å². The van der Waals surface area contributed by atoms with Gasteiger partial charge in [0.1, 0.15) is 11.6 Å².